The fraction of sp³-hybridized carbons (Fsp3) is 0.0476. The molecule has 3 aromatic carbocycles. The van der Waals surface area contributed by atoms with E-state index in [1.54, 1.807) is 18.2 Å². The first-order chi connectivity index (χ1) is 19.8. The second-order valence-electron chi connectivity index (χ2n) is 7.36. The standard InChI is InChI=1S/C21H15ClFN5O10S3.3Na/c1-9-17(22)20(26-21(23)24-9)25-11-2-5-15(40-37-34-31)14(8-11)27-28-18-13-4-3-12(39-36-33-30)6-10(13)7-16(19(18)29)41-38-35-32;;;/h2-8,29-32H,1H3,(H,24,25,26);;;/q;3*+1/p-3. The van der Waals surface area contributed by atoms with E-state index in [-0.39, 0.29) is 126 Å². The number of hydrogen-bond acceptors (Lipinski definition) is 18. The number of azo groups is 1. The van der Waals surface area contributed by atoms with Gasteiger partial charge in [-0.25, -0.2) is 4.98 Å². The van der Waals surface area contributed by atoms with Crippen LogP contribution in [0.5, 0.6) is 5.75 Å². The maximum atomic E-state index is 13.8. The van der Waals surface area contributed by atoms with Gasteiger partial charge in [-0.15, -0.1) is 10.2 Å². The molecular weight excluding hydrogens is 702 g/mol. The predicted octanol–water partition coefficient (Wildman–Crippen LogP) is -4.70. The first-order valence-corrected chi connectivity index (χ1v) is 13.2. The number of phenolic OH excluding ortho intramolecular Hbond substituents is 1. The van der Waals surface area contributed by atoms with Crippen LogP contribution in [0.25, 0.3) is 10.8 Å². The van der Waals surface area contributed by atoms with Gasteiger partial charge in [0.15, 0.2) is 11.6 Å². The molecule has 0 bridgehead atoms. The molecule has 0 spiro atoms. The van der Waals surface area contributed by atoms with Gasteiger partial charge in [-0.3, -0.25) is 15.1 Å². The van der Waals surface area contributed by atoms with E-state index in [1.165, 1.54) is 31.2 Å². The topological polar surface area (TPSA) is 207 Å². The Labute approximate surface area is 331 Å². The average molecular weight is 714 g/mol. The Morgan fingerprint density at radius 2 is 1.52 bits per heavy atom. The Balaban J connectivity index is 0.00000323. The number of aromatic nitrogens is 2. The molecule has 15 nitrogen and oxygen atoms in total. The van der Waals surface area contributed by atoms with E-state index in [0.29, 0.717) is 57.5 Å². The molecule has 216 valence electrons. The van der Waals surface area contributed by atoms with Crippen LogP contribution in [-0.2, 0) is 28.1 Å². The smallest absolute Gasteiger partial charge is 0.691 e. The van der Waals surface area contributed by atoms with Crippen LogP contribution in [0.1, 0.15) is 5.69 Å². The molecule has 0 saturated heterocycles. The van der Waals surface area contributed by atoms with Crippen molar-refractivity contribution in [2.45, 2.75) is 21.6 Å². The van der Waals surface area contributed by atoms with Gasteiger partial charge in [0.1, 0.15) is 16.4 Å². The van der Waals surface area contributed by atoms with E-state index in [9.17, 15) is 25.3 Å². The minimum absolute atomic E-state index is 0. The van der Waals surface area contributed by atoms with Crippen molar-refractivity contribution < 1.29 is 142 Å². The van der Waals surface area contributed by atoms with Crippen LogP contribution in [0.15, 0.2) is 67.4 Å². The molecule has 4 aromatic rings. The Kier molecular flexibility index (Phi) is 20.3. The van der Waals surface area contributed by atoms with Crippen molar-refractivity contribution in [3.8, 4) is 5.75 Å². The van der Waals surface area contributed by atoms with Gasteiger partial charge in [-0.1, -0.05) is 17.7 Å². The summed E-state index contributed by atoms with van der Waals surface area (Å²) in [6.45, 7) is 1.50. The van der Waals surface area contributed by atoms with Crippen LogP contribution in [-0.4, -0.2) is 15.1 Å². The van der Waals surface area contributed by atoms with Crippen molar-refractivity contribution in [3.05, 3.63) is 59.3 Å². The number of rotatable bonds is 13. The second-order valence-corrected chi connectivity index (χ2v) is 10.00. The molecular formula is C21H12ClFN5Na3O10S3. The normalized spacial score (nSPS) is 10.8. The van der Waals surface area contributed by atoms with Gasteiger partial charge in [0.05, 0.1) is 51.6 Å². The molecule has 0 aliphatic rings. The van der Waals surface area contributed by atoms with Crippen molar-refractivity contribution >= 4 is 81.4 Å². The molecule has 1 heterocycles. The maximum absolute atomic E-state index is 13.8. The van der Waals surface area contributed by atoms with Gasteiger partial charge in [-0.05, 0) is 48.7 Å². The third-order valence-corrected chi connectivity index (χ3v) is 7.24. The van der Waals surface area contributed by atoms with Crippen LogP contribution in [0.2, 0.25) is 5.02 Å². The summed E-state index contributed by atoms with van der Waals surface area (Å²) in [4.78, 5) is 7.91. The number of halogens is 2. The van der Waals surface area contributed by atoms with Crippen molar-refractivity contribution in [2.75, 3.05) is 5.32 Å². The van der Waals surface area contributed by atoms with Crippen LogP contribution < -0.4 is 110 Å². The van der Waals surface area contributed by atoms with E-state index < -0.39 is 11.8 Å². The van der Waals surface area contributed by atoms with Crippen molar-refractivity contribution in [1.82, 2.24) is 9.97 Å². The molecule has 23 heteroatoms. The van der Waals surface area contributed by atoms with Gasteiger partial charge >= 0.3 is 94.8 Å². The number of hydrogen-bond donors (Lipinski definition) is 2. The molecule has 44 heavy (non-hydrogen) atoms. The summed E-state index contributed by atoms with van der Waals surface area (Å²) in [5.74, 6) is -0.447. The summed E-state index contributed by atoms with van der Waals surface area (Å²) in [6, 6.07) is 10.6. The Morgan fingerprint density at radius 1 is 0.864 bits per heavy atom. The zero-order chi connectivity index (χ0) is 29.4. The minimum atomic E-state index is -0.998. The van der Waals surface area contributed by atoms with Gasteiger partial charge in [0, 0.05) is 16.0 Å². The molecule has 1 aromatic heterocycles. The van der Waals surface area contributed by atoms with E-state index in [4.69, 9.17) is 11.6 Å². The van der Waals surface area contributed by atoms with Crippen molar-refractivity contribution in [1.29, 1.82) is 0 Å². The zero-order valence-electron chi connectivity index (χ0n) is 22.9. The third-order valence-electron chi connectivity index (χ3n) is 4.95. The summed E-state index contributed by atoms with van der Waals surface area (Å²) in [6.07, 6.45) is -0.998. The predicted molar refractivity (Wildman–Crippen MR) is 135 cm³/mol. The van der Waals surface area contributed by atoms with E-state index in [2.05, 4.69) is 53.6 Å². The summed E-state index contributed by atoms with van der Waals surface area (Å²) in [7, 11) is 0. The summed E-state index contributed by atoms with van der Waals surface area (Å²) >= 11 is 7.73. The zero-order valence-corrected chi connectivity index (χ0v) is 32.1. The molecule has 0 atom stereocenters. The maximum Gasteiger partial charge on any atom is 1.00 e. The van der Waals surface area contributed by atoms with E-state index in [0.717, 1.165) is 0 Å². The number of nitrogens with one attached hydrogen (secondary N) is 1. The summed E-state index contributed by atoms with van der Waals surface area (Å²) < 4.78 is 26.8. The molecule has 0 amide bonds. The first-order valence-electron chi connectivity index (χ1n) is 10.6. The monoisotopic (exact) mass is 713 g/mol. The third kappa shape index (κ3) is 11.4. The average Bonchev–Trinajstić information content (AvgIpc) is 2.96. The molecule has 0 saturated carbocycles. The Bertz CT molecular complexity index is 1590. The molecule has 0 fully saturated rings. The van der Waals surface area contributed by atoms with Crippen LogP contribution in [0, 0.1) is 13.0 Å². The fourth-order valence-electron chi connectivity index (χ4n) is 3.29. The summed E-state index contributed by atoms with van der Waals surface area (Å²) in [5, 5.41) is 64.1. The van der Waals surface area contributed by atoms with E-state index >= 15 is 0 Å². The number of aryl methyl sites for hydroxylation is 1. The minimum Gasteiger partial charge on any atom is -0.691 e. The number of nitrogens with zero attached hydrogens (tertiary/aromatic N) is 4. The van der Waals surface area contributed by atoms with Crippen molar-refractivity contribution in [3.63, 3.8) is 0 Å². The summed E-state index contributed by atoms with van der Waals surface area (Å²) in [5.41, 5.74) is 0.559. The number of phenols is 1. The first kappa shape index (κ1) is 42.1. The molecule has 2 N–H and O–H groups in total. The van der Waals surface area contributed by atoms with Crippen molar-refractivity contribution in [2.24, 2.45) is 10.2 Å². The number of benzene rings is 3. The molecule has 4 rings (SSSR count). The quantitative estimate of drug-likeness (QED) is 0.0333. The SMILES string of the molecule is Cc1nc(F)nc(Nc2ccc(SOO[O-])c(N=Nc3c(O)c(SOO[O-])cc4cc(SOO[O-])ccc34)c2)c1Cl.[Na+].[Na+].[Na+]. The van der Waals surface area contributed by atoms with Crippen LogP contribution >= 0.6 is 47.7 Å². The van der Waals surface area contributed by atoms with Crippen LogP contribution in [0.4, 0.5) is 27.3 Å². The Morgan fingerprint density at radius 3 is 2.20 bits per heavy atom. The Hall–Kier alpha value is 0.110. The van der Waals surface area contributed by atoms with Crippen LogP contribution in [0.3, 0.4) is 0 Å². The van der Waals surface area contributed by atoms with Gasteiger partial charge in [0.2, 0.25) is 0 Å². The number of aromatic hydroxyl groups is 1. The molecule has 0 radical (unpaired) electrons. The van der Waals surface area contributed by atoms with Gasteiger partial charge < -0.3 is 26.2 Å². The van der Waals surface area contributed by atoms with Gasteiger partial charge in [-0.2, -0.15) is 22.4 Å². The largest absolute Gasteiger partial charge is 1.00 e. The molecule has 0 unspecified atom stereocenters. The fourth-order valence-corrected chi connectivity index (χ4v) is 4.69. The number of fused-ring (bicyclic) bond motifs is 1. The van der Waals surface area contributed by atoms with E-state index in [1.807, 2.05) is 0 Å². The molecule has 0 aliphatic carbocycles. The molecule has 0 aliphatic heterocycles. The number of anilines is 2. The second kappa shape index (κ2) is 21.2. The van der Waals surface area contributed by atoms with Gasteiger partial charge in [0.25, 0.3) is 0 Å².